The highest BCUT2D eigenvalue weighted by atomic mass is 16.6. The molecule has 9 heteroatoms. The fourth-order valence-electron chi connectivity index (χ4n) is 2.79. The van der Waals surface area contributed by atoms with Crippen molar-refractivity contribution in [1.82, 2.24) is 4.90 Å². The third-order valence-corrected chi connectivity index (χ3v) is 4.13. The molecule has 9 nitrogen and oxygen atoms in total. The van der Waals surface area contributed by atoms with E-state index in [9.17, 15) is 19.7 Å². The van der Waals surface area contributed by atoms with E-state index in [0.29, 0.717) is 12.4 Å². The Kier molecular flexibility index (Phi) is 5.92. The van der Waals surface area contributed by atoms with Gasteiger partial charge in [-0.1, -0.05) is 0 Å². The fraction of sp³-hybridized carbons (Fsp3) is 0.500. The molecule has 1 aromatic carbocycles. The van der Waals surface area contributed by atoms with Crippen molar-refractivity contribution in [3.05, 3.63) is 28.3 Å². The molecule has 0 unspecified atom stereocenters. The normalized spacial score (nSPS) is 18.1. The Bertz CT molecular complexity index is 678. The summed E-state index contributed by atoms with van der Waals surface area (Å²) in [4.78, 5) is 36.7. The summed E-state index contributed by atoms with van der Waals surface area (Å²) in [5.74, 6) is -0.795. The number of nitrogens with one attached hydrogen (secondary N) is 1. The van der Waals surface area contributed by atoms with Gasteiger partial charge in [-0.3, -0.25) is 19.7 Å². The maximum Gasteiger partial charge on any atom is 0.296 e. The Morgan fingerprint density at radius 3 is 2.80 bits per heavy atom. The Morgan fingerprint density at radius 2 is 2.20 bits per heavy atom. The molecule has 2 atom stereocenters. The molecule has 1 heterocycles. The summed E-state index contributed by atoms with van der Waals surface area (Å²) < 4.78 is 10.0. The van der Waals surface area contributed by atoms with Crippen LogP contribution in [0.1, 0.15) is 13.3 Å². The van der Waals surface area contributed by atoms with Crippen molar-refractivity contribution >= 4 is 23.2 Å². The molecule has 0 bridgehead atoms. The molecule has 0 aliphatic carbocycles. The summed E-state index contributed by atoms with van der Waals surface area (Å²) in [6.07, 6.45) is 0.0733. The van der Waals surface area contributed by atoms with Gasteiger partial charge in [-0.05, 0) is 19.1 Å². The van der Waals surface area contributed by atoms with E-state index in [2.05, 4.69) is 5.32 Å². The number of rotatable bonds is 7. The average Bonchev–Trinajstić information content (AvgIpc) is 2.97. The zero-order chi connectivity index (χ0) is 18.6. The predicted molar refractivity (Wildman–Crippen MR) is 89.4 cm³/mol. The zero-order valence-electron chi connectivity index (χ0n) is 14.4. The van der Waals surface area contributed by atoms with Crippen LogP contribution in [0, 0.1) is 16.0 Å². The summed E-state index contributed by atoms with van der Waals surface area (Å²) in [6, 6.07) is 4.04. The van der Waals surface area contributed by atoms with Crippen LogP contribution in [0.2, 0.25) is 0 Å². The number of ether oxygens (including phenoxy) is 2. The summed E-state index contributed by atoms with van der Waals surface area (Å²) in [5, 5.41) is 13.7. The number of likely N-dealkylation sites (tertiary alicyclic amines) is 1. The van der Waals surface area contributed by atoms with Gasteiger partial charge in [0.05, 0.1) is 36.7 Å². The number of methoxy groups -OCH3 is 2. The van der Waals surface area contributed by atoms with Crippen molar-refractivity contribution < 1.29 is 24.0 Å². The molecular weight excluding hydrogens is 330 g/mol. The smallest absolute Gasteiger partial charge is 0.296 e. The monoisotopic (exact) mass is 351 g/mol. The van der Waals surface area contributed by atoms with Crippen LogP contribution in [0.4, 0.5) is 11.4 Å². The second-order valence-electron chi connectivity index (χ2n) is 5.88. The Hall–Kier alpha value is -2.68. The van der Waals surface area contributed by atoms with Crippen LogP contribution >= 0.6 is 0 Å². The van der Waals surface area contributed by atoms with Crippen molar-refractivity contribution in [2.75, 3.05) is 32.7 Å². The largest absolute Gasteiger partial charge is 0.496 e. The first-order valence-electron chi connectivity index (χ1n) is 7.79. The van der Waals surface area contributed by atoms with Gasteiger partial charge in [0.25, 0.3) is 5.69 Å². The third kappa shape index (κ3) is 4.24. The number of carbonyl (C=O) groups excluding carboxylic acids is 2. The van der Waals surface area contributed by atoms with Crippen molar-refractivity contribution in [2.24, 2.45) is 5.92 Å². The lowest BCUT2D eigenvalue weighted by atomic mass is 10.1. The van der Waals surface area contributed by atoms with Crippen LogP contribution in [-0.4, -0.2) is 55.1 Å². The van der Waals surface area contributed by atoms with Gasteiger partial charge in [0, 0.05) is 20.1 Å². The summed E-state index contributed by atoms with van der Waals surface area (Å²) >= 11 is 0. The van der Waals surface area contributed by atoms with Gasteiger partial charge in [-0.15, -0.1) is 0 Å². The van der Waals surface area contributed by atoms with Gasteiger partial charge in [0.15, 0.2) is 0 Å². The molecule has 2 rings (SSSR count). The maximum absolute atomic E-state index is 12.4. The SMILES string of the molecule is COC[C@@H](C)N1C[C@@H](C(=O)Nc2ccc(OC)cc2[N+](=O)[O-])CC1=O. The van der Waals surface area contributed by atoms with Gasteiger partial charge >= 0.3 is 0 Å². The first kappa shape index (κ1) is 18.7. The highest BCUT2D eigenvalue weighted by molar-refractivity contribution is 5.98. The number of nitrogens with zero attached hydrogens (tertiary/aromatic N) is 2. The van der Waals surface area contributed by atoms with E-state index in [1.807, 2.05) is 6.92 Å². The van der Waals surface area contributed by atoms with Crippen LogP contribution < -0.4 is 10.1 Å². The zero-order valence-corrected chi connectivity index (χ0v) is 14.4. The van der Waals surface area contributed by atoms with Gasteiger partial charge in [-0.25, -0.2) is 0 Å². The summed E-state index contributed by atoms with van der Waals surface area (Å²) in [7, 11) is 2.95. The molecule has 1 saturated heterocycles. The standard InChI is InChI=1S/C16H21N3O6/c1-10(9-24-2)18-8-11(6-15(18)20)16(21)17-13-5-4-12(25-3)7-14(13)19(22)23/h4-5,7,10-11H,6,8-9H2,1-3H3,(H,17,21)/t10-,11+/m1/s1. The van der Waals surface area contributed by atoms with Gasteiger partial charge in [0.1, 0.15) is 11.4 Å². The molecule has 0 saturated carbocycles. The van der Waals surface area contributed by atoms with Gasteiger partial charge < -0.3 is 19.7 Å². The summed E-state index contributed by atoms with van der Waals surface area (Å²) in [5.41, 5.74) is -0.187. The van der Waals surface area contributed by atoms with Gasteiger partial charge in [-0.2, -0.15) is 0 Å². The second-order valence-corrected chi connectivity index (χ2v) is 5.88. The number of nitro groups is 1. The van der Waals surface area contributed by atoms with Crippen molar-refractivity contribution in [1.29, 1.82) is 0 Å². The Morgan fingerprint density at radius 1 is 1.48 bits per heavy atom. The van der Waals surface area contributed by atoms with Gasteiger partial charge in [0.2, 0.25) is 11.8 Å². The van der Waals surface area contributed by atoms with Crippen molar-refractivity contribution in [3.63, 3.8) is 0 Å². The van der Waals surface area contributed by atoms with Crippen molar-refractivity contribution in [2.45, 2.75) is 19.4 Å². The number of nitro benzene ring substituents is 1. The van der Waals surface area contributed by atoms with Crippen LogP contribution in [0.3, 0.4) is 0 Å². The average molecular weight is 351 g/mol. The van der Waals surface area contributed by atoms with Crippen LogP contribution in [0.5, 0.6) is 5.75 Å². The fourth-order valence-corrected chi connectivity index (χ4v) is 2.79. The number of anilines is 1. The molecule has 1 aromatic rings. The van der Waals surface area contributed by atoms with Crippen molar-refractivity contribution in [3.8, 4) is 5.75 Å². The van der Waals surface area contributed by atoms with E-state index >= 15 is 0 Å². The molecular formula is C16H21N3O6. The van der Waals surface area contributed by atoms with E-state index in [-0.39, 0.29) is 36.3 Å². The maximum atomic E-state index is 12.4. The lowest BCUT2D eigenvalue weighted by Gasteiger charge is -2.23. The van der Waals surface area contributed by atoms with Crippen LogP contribution in [0.15, 0.2) is 18.2 Å². The minimum atomic E-state index is -0.592. The molecule has 1 N–H and O–H groups in total. The highest BCUT2D eigenvalue weighted by Crippen LogP contribution is 2.30. The first-order chi connectivity index (χ1) is 11.9. The van der Waals surface area contributed by atoms with Crippen LogP contribution in [0.25, 0.3) is 0 Å². The van der Waals surface area contributed by atoms with Crippen LogP contribution in [-0.2, 0) is 14.3 Å². The molecule has 136 valence electrons. The first-order valence-corrected chi connectivity index (χ1v) is 7.79. The number of amides is 2. The predicted octanol–water partition coefficient (Wildman–Crippen LogP) is 1.43. The molecule has 0 spiro atoms. The van der Waals surface area contributed by atoms with E-state index in [1.165, 1.54) is 25.3 Å². The molecule has 1 aliphatic rings. The Labute approximate surface area is 145 Å². The molecule has 2 amide bonds. The molecule has 1 fully saturated rings. The third-order valence-electron chi connectivity index (χ3n) is 4.13. The quantitative estimate of drug-likeness (QED) is 0.587. The number of hydrogen-bond acceptors (Lipinski definition) is 6. The molecule has 1 aliphatic heterocycles. The topological polar surface area (TPSA) is 111 Å². The lowest BCUT2D eigenvalue weighted by Crippen LogP contribution is -2.38. The number of carbonyl (C=O) groups is 2. The number of benzene rings is 1. The Balaban J connectivity index is 2.10. The minimum Gasteiger partial charge on any atom is -0.496 e. The molecule has 25 heavy (non-hydrogen) atoms. The van der Waals surface area contributed by atoms with E-state index in [0.717, 1.165) is 0 Å². The second kappa shape index (κ2) is 7.93. The van der Waals surface area contributed by atoms with E-state index < -0.39 is 16.7 Å². The van der Waals surface area contributed by atoms with E-state index in [4.69, 9.17) is 9.47 Å². The number of hydrogen-bond donors (Lipinski definition) is 1. The highest BCUT2D eigenvalue weighted by Gasteiger charge is 2.37. The molecule has 0 aromatic heterocycles. The lowest BCUT2D eigenvalue weighted by molar-refractivity contribution is -0.384. The summed E-state index contributed by atoms with van der Waals surface area (Å²) in [6.45, 7) is 2.49. The van der Waals surface area contributed by atoms with E-state index in [1.54, 1.807) is 12.0 Å². The minimum absolute atomic E-state index is 0.0733. The molecule has 0 radical (unpaired) electrons.